The first-order valence-electron chi connectivity index (χ1n) is 6.98. The van der Waals surface area contributed by atoms with E-state index in [0.717, 1.165) is 30.5 Å². The fraction of sp³-hybridized carbons (Fsp3) is 0.400. The van der Waals surface area contributed by atoms with Crippen LogP contribution in [0.15, 0.2) is 24.5 Å². The monoisotopic (exact) mass is 268 g/mol. The van der Waals surface area contributed by atoms with Crippen LogP contribution in [0.1, 0.15) is 29.4 Å². The van der Waals surface area contributed by atoms with Crippen LogP contribution in [0.3, 0.4) is 0 Å². The summed E-state index contributed by atoms with van der Waals surface area (Å²) in [6, 6.07) is 4.30. The summed E-state index contributed by atoms with van der Waals surface area (Å²) in [6.45, 7) is 1.66. The van der Waals surface area contributed by atoms with Crippen LogP contribution in [0.25, 0.3) is 11.0 Å². The highest BCUT2D eigenvalue weighted by atomic mass is 16.2. The summed E-state index contributed by atoms with van der Waals surface area (Å²) in [7, 11) is 0. The molecule has 2 unspecified atom stereocenters. The summed E-state index contributed by atoms with van der Waals surface area (Å²) in [4.78, 5) is 22.5. The Bertz CT molecular complexity index is 649. The standard InChI is InChI=1S/C15H16N4O/c16-6-15(20)19-7-9-3-10(8-19)12-5-14-13(4-11(9)12)17-1-2-18-14/h1-2,4-5,9-10H,3,6-8,16H2. The summed E-state index contributed by atoms with van der Waals surface area (Å²) >= 11 is 0. The van der Waals surface area contributed by atoms with Crippen LogP contribution in [0.5, 0.6) is 0 Å². The van der Waals surface area contributed by atoms with Gasteiger partial charge in [0.25, 0.3) is 0 Å². The van der Waals surface area contributed by atoms with Gasteiger partial charge in [-0.05, 0) is 29.7 Å². The first-order valence-corrected chi connectivity index (χ1v) is 6.98. The van der Waals surface area contributed by atoms with E-state index < -0.39 is 0 Å². The maximum atomic E-state index is 11.8. The highest BCUT2D eigenvalue weighted by Gasteiger charge is 2.39. The number of amides is 1. The third-order valence-electron chi connectivity index (χ3n) is 4.53. The molecule has 2 N–H and O–H groups in total. The van der Waals surface area contributed by atoms with E-state index in [-0.39, 0.29) is 12.5 Å². The van der Waals surface area contributed by atoms with E-state index >= 15 is 0 Å². The average molecular weight is 268 g/mol. The smallest absolute Gasteiger partial charge is 0.236 e. The van der Waals surface area contributed by atoms with Gasteiger partial charge in [0.15, 0.2) is 0 Å². The summed E-state index contributed by atoms with van der Waals surface area (Å²) in [5.74, 6) is 0.893. The van der Waals surface area contributed by atoms with Gasteiger partial charge in [-0.2, -0.15) is 0 Å². The molecule has 2 heterocycles. The Hall–Kier alpha value is -2.01. The second-order valence-corrected chi connectivity index (χ2v) is 5.66. The largest absolute Gasteiger partial charge is 0.340 e. The lowest BCUT2D eigenvalue weighted by atomic mass is 9.96. The van der Waals surface area contributed by atoms with Crippen molar-refractivity contribution in [1.82, 2.24) is 14.9 Å². The highest BCUT2D eigenvalue weighted by molar-refractivity contribution is 5.80. The molecule has 20 heavy (non-hydrogen) atoms. The molecular formula is C15H16N4O. The summed E-state index contributed by atoms with van der Waals surface area (Å²) in [5.41, 5.74) is 10.1. The van der Waals surface area contributed by atoms with Gasteiger partial charge < -0.3 is 10.6 Å². The lowest BCUT2D eigenvalue weighted by Gasteiger charge is -2.31. The van der Waals surface area contributed by atoms with Crippen molar-refractivity contribution in [3.8, 4) is 0 Å². The van der Waals surface area contributed by atoms with Gasteiger partial charge in [0.1, 0.15) is 0 Å². The zero-order chi connectivity index (χ0) is 13.7. The molecule has 5 heteroatoms. The first-order chi connectivity index (χ1) is 9.76. The predicted molar refractivity (Wildman–Crippen MR) is 75.3 cm³/mol. The molecule has 4 rings (SSSR count). The van der Waals surface area contributed by atoms with Crippen LogP contribution < -0.4 is 5.73 Å². The molecule has 1 aliphatic carbocycles. The van der Waals surface area contributed by atoms with Crippen molar-refractivity contribution in [3.63, 3.8) is 0 Å². The van der Waals surface area contributed by atoms with Gasteiger partial charge in [-0.3, -0.25) is 14.8 Å². The Morgan fingerprint density at radius 3 is 2.20 bits per heavy atom. The Morgan fingerprint density at radius 2 is 1.70 bits per heavy atom. The lowest BCUT2D eigenvalue weighted by molar-refractivity contribution is -0.130. The molecular weight excluding hydrogens is 252 g/mol. The zero-order valence-electron chi connectivity index (χ0n) is 11.1. The van der Waals surface area contributed by atoms with Gasteiger partial charge in [0.05, 0.1) is 17.6 Å². The molecule has 2 bridgehead atoms. The van der Waals surface area contributed by atoms with E-state index in [1.807, 2.05) is 4.90 Å². The minimum absolute atomic E-state index is 0.0494. The normalized spacial score (nSPS) is 23.9. The number of aromatic nitrogens is 2. The van der Waals surface area contributed by atoms with Crippen LogP contribution in [0.2, 0.25) is 0 Å². The van der Waals surface area contributed by atoms with Gasteiger partial charge in [0.2, 0.25) is 5.91 Å². The number of carbonyl (C=O) groups is 1. The number of nitrogens with two attached hydrogens (primary N) is 1. The molecule has 1 fully saturated rings. The lowest BCUT2D eigenvalue weighted by Crippen LogP contribution is -2.42. The van der Waals surface area contributed by atoms with Crippen LogP contribution in [-0.2, 0) is 4.79 Å². The van der Waals surface area contributed by atoms with Crippen molar-refractivity contribution < 1.29 is 4.79 Å². The number of nitrogens with zero attached hydrogens (tertiary/aromatic N) is 3. The maximum Gasteiger partial charge on any atom is 0.236 e. The summed E-state index contributed by atoms with van der Waals surface area (Å²) in [6.07, 6.45) is 4.57. The topological polar surface area (TPSA) is 72.1 Å². The van der Waals surface area contributed by atoms with E-state index in [0.29, 0.717) is 11.8 Å². The molecule has 1 saturated heterocycles. The number of piperidine rings is 1. The molecule has 5 nitrogen and oxygen atoms in total. The van der Waals surface area contributed by atoms with Crippen molar-refractivity contribution in [2.75, 3.05) is 19.6 Å². The highest BCUT2D eigenvalue weighted by Crippen LogP contribution is 2.46. The SMILES string of the molecule is NCC(=O)N1CC2CC(C1)c1cc3nccnc3cc12. The predicted octanol–water partition coefficient (Wildman–Crippen LogP) is 1.00. The molecule has 2 aromatic rings. The Morgan fingerprint density at radius 1 is 1.15 bits per heavy atom. The van der Waals surface area contributed by atoms with Crippen molar-refractivity contribution in [2.45, 2.75) is 18.3 Å². The van der Waals surface area contributed by atoms with Gasteiger partial charge in [-0.1, -0.05) is 0 Å². The van der Waals surface area contributed by atoms with Crippen LogP contribution in [0, 0.1) is 0 Å². The Labute approximate surface area is 116 Å². The number of rotatable bonds is 1. The van der Waals surface area contributed by atoms with E-state index in [1.54, 1.807) is 12.4 Å². The van der Waals surface area contributed by atoms with Crippen molar-refractivity contribution in [2.24, 2.45) is 5.73 Å². The Balaban J connectivity index is 1.78. The first kappa shape index (κ1) is 11.8. The summed E-state index contributed by atoms with van der Waals surface area (Å²) < 4.78 is 0. The number of fused-ring (bicyclic) bond motifs is 6. The zero-order valence-corrected chi connectivity index (χ0v) is 11.1. The third kappa shape index (κ3) is 1.63. The van der Waals surface area contributed by atoms with Crippen molar-refractivity contribution in [1.29, 1.82) is 0 Å². The maximum absolute atomic E-state index is 11.8. The van der Waals surface area contributed by atoms with E-state index in [1.165, 1.54) is 11.1 Å². The number of carbonyl (C=O) groups excluding carboxylic acids is 1. The number of benzene rings is 1. The molecule has 2 aliphatic rings. The molecule has 0 spiro atoms. The van der Waals surface area contributed by atoms with Gasteiger partial charge >= 0.3 is 0 Å². The molecule has 0 saturated carbocycles. The number of hydrogen-bond donors (Lipinski definition) is 1. The molecule has 1 aliphatic heterocycles. The fourth-order valence-corrected chi connectivity index (χ4v) is 3.63. The quantitative estimate of drug-likeness (QED) is 0.837. The number of hydrogen-bond acceptors (Lipinski definition) is 4. The average Bonchev–Trinajstić information content (AvgIpc) is 2.75. The van der Waals surface area contributed by atoms with Crippen molar-refractivity contribution >= 4 is 16.9 Å². The van der Waals surface area contributed by atoms with E-state index in [4.69, 9.17) is 5.73 Å². The number of likely N-dealkylation sites (tertiary alicyclic amines) is 1. The second-order valence-electron chi connectivity index (χ2n) is 5.66. The van der Waals surface area contributed by atoms with Crippen LogP contribution in [0.4, 0.5) is 0 Å². The van der Waals surface area contributed by atoms with E-state index in [9.17, 15) is 4.79 Å². The van der Waals surface area contributed by atoms with Crippen molar-refractivity contribution in [3.05, 3.63) is 35.7 Å². The van der Waals surface area contributed by atoms with Crippen LogP contribution in [-0.4, -0.2) is 40.4 Å². The molecule has 1 amide bonds. The molecule has 1 aromatic carbocycles. The summed E-state index contributed by atoms with van der Waals surface area (Å²) in [5, 5.41) is 0. The third-order valence-corrected chi connectivity index (χ3v) is 4.53. The molecule has 0 radical (unpaired) electrons. The second kappa shape index (κ2) is 4.24. The fourth-order valence-electron chi connectivity index (χ4n) is 3.63. The molecule has 1 aromatic heterocycles. The minimum Gasteiger partial charge on any atom is -0.340 e. The van der Waals surface area contributed by atoms with Gasteiger partial charge in [0, 0.05) is 37.3 Å². The minimum atomic E-state index is 0.0494. The molecule has 2 atom stereocenters. The van der Waals surface area contributed by atoms with Crippen LogP contribution >= 0.6 is 0 Å². The van der Waals surface area contributed by atoms with Gasteiger partial charge in [-0.25, -0.2) is 0 Å². The molecule has 102 valence electrons. The van der Waals surface area contributed by atoms with E-state index in [2.05, 4.69) is 22.1 Å². The Kier molecular flexibility index (Phi) is 2.50. The van der Waals surface area contributed by atoms with Gasteiger partial charge in [-0.15, -0.1) is 0 Å².